The van der Waals surface area contributed by atoms with Crippen molar-refractivity contribution in [1.82, 2.24) is 10.2 Å². The Labute approximate surface area is 164 Å². The Kier molecular flexibility index (Phi) is 5.75. The Balaban J connectivity index is 1.69. The number of carbonyl (C=O) groups excluding carboxylic acids is 3. The second-order valence-corrected chi connectivity index (χ2v) is 9.07. The quantitative estimate of drug-likeness (QED) is 0.807. The Morgan fingerprint density at radius 3 is 2.78 bits per heavy atom. The summed E-state index contributed by atoms with van der Waals surface area (Å²) in [7, 11) is 0. The van der Waals surface area contributed by atoms with Crippen LogP contribution in [-0.2, 0) is 20.8 Å². The summed E-state index contributed by atoms with van der Waals surface area (Å²) in [6, 6.07) is 8.16. The first-order valence-electron chi connectivity index (χ1n) is 9.32. The molecular formula is C21H26N2O3S. The fraction of sp³-hybridized carbons (Fsp3) is 0.476. The van der Waals surface area contributed by atoms with E-state index in [0.717, 1.165) is 24.8 Å². The fourth-order valence-electron chi connectivity index (χ4n) is 3.32. The van der Waals surface area contributed by atoms with E-state index in [1.54, 1.807) is 0 Å². The normalized spacial score (nSPS) is 21.3. The van der Waals surface area contributed by atoms with Gasteiger partial charge < -0.3 is 5.32 Å². The molecule has 1 heterocycles. The van der Waals surface area contributed by atoms with Gasteiger partial charge in [0.15, 0.2) is 5.78 Å². The molecule has 6 heteroatoms. The van der Waals surface area contributed by atoms with Gasteiger partial charge >= 0.3 is 0 Å². The predicted molar refractivity (Wildman–Crippen MR) is 107 cm³/mol. The summed E-state index contributed by atoms with van der Waals surface area (Å²) in [5.41, 5.74) is 1.93. The molecule has 0 aromatic heterocycles. The van der Waals surface area contributed by atoms with Crippen molar-refractivity contribution in [2.75, 3.05) is 12.3 Å². The second-order valence-electron chi connectivity index (χ2n) is 8.08. The fourth-order valence-corrected chi connectivity index (χ4v) is 4.26. The number of aryl methyl sites for hydroxylation is 1. The largest absolute Gasteiger partial charge is 0.348 e. The van der Waals surface area contributed by atoms with Crippen LogP contribution in [0.4, 0.5) is 0 Å². The number of hydrogen-bond donors (Lipinski definition) is 1. The number of allylic oxidation sites excluding steroid dienone is 1. The van der Waals surface area contributed by atoms with Crippen LogP contribution < -0.4 is 5.32 Å². The van der Waals surface area contributed by atoms with E-state index < -0.39 is 5.41 Å². The summed E-state index contributed by atoms with van der Waals surface area (Å²) in [4.78, 5) is 38.6. The van der Waals surface area contributed by atoms with E-state index >= 15 is 0 Å². The molecular weight excluding hydrogens is 360 g/mol. The molecule has 0 spiro atoms. The van der Waals surface area contributed by atoms with Crippen LogP contribution in [0, 0.1) is 5.41 Å². The summed E-state index contributed by atoms with van der Waals surface area (Å²) < 4.78 is 0. The molecule has 144 valence electrons. The average molecular weight is 387 g/mol. The highest BCUT2D eigenvalue weighted by Gasteiger charge is 2.31. The molecule has 2 amide bonds. The number of nitrogens with one attached hydrogen (secondary N) is 1. The minimum Gasteiger partial charge on any atom is -0.348 e. The molecule has 0 saturated carbocycles. The number of ketones is 1. The van der Waals surface area contributed by atoms with Crippen LogP contribution in [0.2, 0.25) is 0 Å². The van der Waals surface area contributed by atoms with Crippen LogP contribution in [0.5, 0.6) is 0 Å². The van der Waals surface area contributed by atoms with Gasteiger partial charge in [0.05, 0.1) is 16.8 Å². The smallest absolute Gasteiger partial charge is 0.240 e. The number of rotatable bonds is 4. The van der Waals surface area contributed by atoms with Gasteiger partial charge in [-0.3, -0.25) is 19.3 Å². The zero-order valence-corrected chi connectivity index (χ0v) is 16.9. The third-order valence-electron chi connectivity index (χ3n) is 4.91. The van der Waals surface area contributed by atoms with Crippen LogP contribution >= 0.6 is 11.8 Å². The lowest BCUT2D eigenvalue weighted by molar-refractivity contribution is -0.131. The molecule has 2 aliphatic rings. The zero-order chi connectivity index (χ0) is 19.6. The Morgan fingerprint density at radius 1 is 1.30 bits per heavy atom. The number of carbonyl (C=O) groups is 3. The highest BCUT2D eigenvalue weighted by atomic mass is 32.2. The lowest BCUT2D eigenvalue weighted by atomic mass is 9.88. The molecule has 1 aliphatic heterocycles. The summed E-state index contributed by atoms with van der Waals surface area (Å²) in [6.45, 7) is 5.47. The predicted octanol–water partition coefficient (Wildman–Crippen LogP) is 3.21. The third kappa shape index (κ3) is 4.61. The number of benzene rings is 1. The van der Waals surface area contributed by atoms with Crippen molar-refractivity contribution in [3.63, 3.8) is 0 Å². The molecule has 1 saturated heterocycles. The maximum Gasteiger partial charge on any atom is 0.240 e. The van der Waals surface area contributed by atoms with Crippen LogP contribution in [0.3, 0.4) is 0 Å². The molecule has 1 fully saturated rings. The number of hydrogen-bond acceptors (Lipinski definition) is 4. The van der Waals surface area contributed by atoms with Crippen LogP contribution in [0.25, 0.3) is 0 Å². The van der Waals surface area contributed by atoms with Gasteiger partial charge in [-0.05, 0) is 30.4 Å². The van der Waals surface area contributed by atoms with E-state index in [-0.39, 0.29) is 35.9 Å². The molecule has 1 N–H and O–H groups in total. The van der Waals surface area contributed by atoms with Gasteiger partial charge in [-0.25, -0.2) is 0 Å². The van der Waals surface area contributed by atoms with Gasteiger partial charge in [0, 0.05) is 11.5 Å². The average Bonchev–Trinajstić information content (AvgIpc) is 2.94. The lowest BCUT2D eigenvalue weighted by Crippen LogP contribution is -2.40. The lowest BCUT2D eigenvalue weighted by Gasteiger charge is -2.27. The van der Waals surface area contributed by atoms with Crippen molar-refractivity contribution in [3.05, 3.63) is 46.5 Å². The number of fused-ring (bicyclic) bond motifs is 1. The molecule has 0 radical (unpaired) electrons. The van der Waals surface area contributed by atoms with Gasteiger partial charge in [-0.2, -0.15) is 0 Å². The van der Waals surface area contributed by atoms with Gasteiger partial charge in [-0.15, -0.1) is 0 Å². The van der Waals surface area contributed by atoms with E-state index in [9.17, 15) is 14.4 Å². The first kappa shape index (κ1) is 19.7. The van der Waals surface area contributed by atoms with Crippen molar-refractivity contribution in [2.24, 2.45) is 5.41 Å². The van der Waals surface area contributed by atoms with E-state index in [2.05, 4.69) is 17.4 Å². The molecule has 0 bridgehead atoms. The third-order valence-corrected chi connectivity index (χ3v) is 5.94. The second kappa shape index (κ2) is 7.89. The van der Waals surface area contributed by atoms with E-state index in [4.69, 9.17) is 0 Å². The minimum atomic E-state index is -0.515. The molecule has 1 unspecified atom stereocenters. The van der Waals surface area contributed by atoms with Gasteiger partial charge in [0.25, 0.3) is 0 Å². The Hall–Kier alpha value is -2.08. The molecule has 27 heavy (non-hydrogen) atoms. The Morgan fingerprint density at radius 2 is 2.04 bits per heavy atom. The first-order chi connectivity index (χ1) is 12.8. The van der Waals surface area contributed by atoms with E-state index in [0.29, 0.717) is 5.03 Å². The molecule has 1 atom stereocenters. The van der Waals surface area contributed by atoms with Crippen molar-refractivity contribution < 1.29 is 14.4 Å². The number of nitrogens with zero attached hydrogens (tertiary/aromatic N) is 1. The topological polar surface area (TPSA) is 66.5 Å². The van der Waals surface area contributed by atoms with Crippen molar-refractivity contribution in [1.29, 1.82) is 0 Å². The van der Waals surface area contributed by atoms with Gasteiger partial charge in [0.2, 0.25) is 11.8 Å². The summed E-state index contributed by atoms with van der Waals surface area (Å²) in [5, 5.41) is 3.64. The monoisotopic (exact) mass is 386 g/mol. The maximum atomic E-state index is 12.6. The van der Waals surface area contributed by atoms with Gasteiger partial charge in [-0.1, -0.05) is 56.8 Å². The summed E-state index contributed by atoms with van der Waals surface area (Å²) >= 11 is 1.32. The minimum absolute atomic E-state index is 0.0172. The van der Waals surface area contributed by atoms with Crippen LogP contribution in [0.1, 0.15) is 50.8 Å². The highest BCUT2D eigenvalue weighted by Crippen LogP contribution is 2.31. The number of thioether (sulfide) groups is 1. The highest BCUT2D eigenvalue weighted by molar-refractivity contribution is 8.04. The first-order valence-corrected chi connectivity index (χ1v) is 10.3. The van der Waals surface area contributed by atoms with Crippen LogP contribution in [-0.4, -0.2) is 34.8 Å². The maximum absolute atomic E-state index is 12.6. The van der Waals surface area contributed by atoms with Crippen molar-refractivity contribution in [3.8, 4) is 0 Å². The van der Waals surface area contributed by atoms with E-state index in [1.165, 1.54) is 28.3 Å². The molecule has 3 rings (SSSR count). The molecule has 1 aromatic carbocycles. The number of amides is 2. The zero-order valence-electron chi connectivity index (χ0n) is 16.1. The Bertz CT molecular complexity index is 795. The van der Waals surface area contributed by atoms with E-state index in [1.807, 2.05) is 32.9 Å². The van der Waals surface area contributed by atoms with Gasteiger partial charge in [0.1, 0.15) is 6.54 Å². The van der Waals surface area contributed by atoms with Crippen molar-refractivity contribution >= 4 is 29.4 Å². The van der Waals surface area contributed by atoms with Crippen LogP contribution in [0.15, 0.2) is 35.4 Å². The standard InChI is InChI=1S/C21H26N2O3S/c1-21(2,3)17(24)11-20-23(19(26)13-27-20)12-18(25)22-16-10-6-8-14-7-4-5-9-15(14)16/h4-5,7,9,11,16H,6,8,10,12-13H2,1-3H3,(H,22,25)/b20-11-. The SMILES string of the molecule is CC(C)(C)C(=O)/C=C1\SCC(=O)N1CC(=O)NC1CCCc2ccccc21. The summed E-state index contributed by atoms with van der Waals surface area (Å²) in [5.74, 6) is -0.108. The molecule has 1 aromatic rings. The summed E-state index contributed by atoms with van der Waals surface area (Å²) in [6.07, 6.45) is 4.46. The molecule has 5 nitrogen and oxygen atoms in total. The van der Waals surface area contributed by atoms with Crippen molar-refractivity contribution in [2.45, 2.75) is 46.1 Å². The molecule has 1 aliphatic carbocycles.